The average Bonchev–Trinajstić information content (AvgIpc) is 2.56. The number of fused-ring (bicyclic) bond motifs is 1. The Morgan fingerprint density at radius 2 is 2.00 bits per heavy atom. The summed E-state index contributed by atoms with van der Waals surface area (Å²) in [5, 5.41) is 10.1. The predicted octanol–water partition coefficient (Wildman–Crippen LogP) is 2.34. The van der Waals surface area contributed by atoms with Crippen LogP contribution in [0.3, 0.4) is 0 Å². The smallest absolute Gasteiger partial charge is 0.0627 e. The molecule has 3 fully saturated rings. The third-order valence-corrected chi connectivity index (χ3v) is 4.86. The first-order valence-electron chi connectivity index (χ1n) is 5.51. The molecule has 1 N–H and O–H groups in total. The minimum atomic E-state index is 0.0859. The van der Waals surface area contributed by atoms with Crippen molar-refractivity contribution < 1.29 is 5.11 Å². The van der Waals surface area contributed by atoms with E-state index in [0.717, 1.165) is 5.92 Å². The Labute approximate surface area is 74.2 Å². The summed E-state index contributed by atoms with van der Waals surface area (Å²) in [5.41, 5.74) is 0.420. The maximum atomic E-state index is 10.1. The molecule has 0 aromatic rings. The molecule has 3 aliphatic carbocycles. The molecule has 0 saturated heterocycles. The molecule has 3 saturated carbocycles. The van der Waals surface area contributed by atoms with Gasteiger partial charge in [0.2, 0.25) is 0 Å². The fourth-order valence-corrected chi connectivity index (χ4v) is 4.25. The van der Waals surface area contributed by atoms with Crippen LogP contribution in [0.15, 0.2) is 0 Å². The first kappa shape index (κ1) is 7.37. The molecular weight excluding hydrogens is 148 g/mol. The van der Waals surface area contributed by atoms with E-state index in [1.54, 1.807) is 0 Å². The van der Waals surface area contributed by atoms with Gasteiger partial charge in [0.25, 0.3) is 0 Å². The fraction of sp³-hybridized carbons (Fsp3) is 1.00. The highest BCUT2D eigenvalue weighted by Gasteiger charge is 2.58. The Morgan fingerprint density at radius 3 is 2.75 bits per heavy atom. The Balaban J connectivity index is 1.95. The van der Waals surface area contributed by atoms with E-state index in [-0.39, 0.29) is 6.10 Å². The van der Waals surface area contributed by atoms with Crippen LogP contribution >= 0.6 is 0 Å². The summed E-state index contributed by atoms with van der Waals surface area (Å²) < 4.78 is 0. The minimum absolute atomic E-state index is 0.0859. The molecule has 1 nitrogen and oxygen atoms in total. The van der Waals surface area contributed by atoms with Crippen molar-refractivity contribution >= 4 is 0 Å². The zero-order chi connectivity index (χ0) is 8.18. The average molecular weight is 166 g/mol. The largest absolute Gasteiger partial charge is 0.392 e. The van der Waals surface area contributed by atoms with Crippen LogP contribution in [0.4, 0.5) is 0 Å². The Hall–Kier alpha value is -0.0400. The van der Waals surface area contributed by atoms with Gasteiger partial charge in [0.15, 0.2) is 0 Å². The minimum Gasteiger partial charge on any atom is -0.392 e. The molecular formula is C11H18O. The lowest BCUT2D eigenvalue weighted by atomic mass is 9.66. The number of aliphatic hydroxyl groups is 1. The summed E-state index contributed by atoms with van der Waals surface area (Å²) in [6.07, 6.45) is 9.62. The molecule has 0 aromatic carbocycles. The molecule has 12 heavy (non-hydrogen) atoms. The maximum absolute atomic E-state index is 10.1. The zero-order valence-electron chi connectivity index (χ0n) is 7.63. The van der Waals surface area contributed by atoms with Crippen molar-refractivity contribution in [3.05, 3.63) is 0 Å². The monoisotopic (exact) mass is 166 g/mol. The van der Waals surface area contributed by atoms with Gasteiger partial charge in [-0.3, -0.25) is 0 Å². The van der Waals surface area contributed by atoms with E-state index in [2.05, 4.69) is 0 Å². The number of aliphatic hydroxyl groups excluding tert-OH is 1. The second-order valence-electron chi connectivity index (χ2n) is 5.16. The quantitative estimate of drug-likeness (QED) is 0.585. The molecule has 3 rings (SSSR count). The summed E-state index contributed by atoms with van der Waals surface area (Å²) in [7, 11) is 0. The third-order valence-electron chi connectivity index (χ3n) is 4.86. The SMILES string of the molecule is O[C@@H]1[C@H]2CC[C@@]13CCCC[C@H]3C2. The second kappa shape index (κ2) is 2.25. The standard InChI is InChI=1S/C11H18O/c12-10-8-4-6-11(10)5-2-1-3-9(11)7-8/h8-10,12H,1-7H2/t8-,9-,10+,11+/m0/s1. The van der Waals surface area contributed by atoms with Crippen LogP contribution in [0.25, 0.3) is 0 Å². The number of rotatable bonds is 0. The highest BCUT2D eigenvalue weighted by atomic mass is 16.3. The molecule has 0 radical (unpaired) electrons. The fourth-order valence-electron chi connectivity index (χ4n) is 4.25. The van der Waals surface area contributed by atoms with Gasteiger partial charge < -0.3 is 5.11 Å². The summed E-state index contributed by atoms with van der Waals surface area (Å²) in [5.74, 6) is 1.59. The summed E-state index contributed by atoms with van der Waals surface area (Å²) >= 11 is 0. The van der Waals surface area contributed by atoms with Crippen LogP contribution in [-0.2, 0) is 0 Å². The molecule has 0 aromatic heterocycles. The van der Waals surface area contributed by atoms with Crippen molar-refractivity contribution in [2.24, 2.45) is 17.3 Å². The van der Waals surface area contributed by atoms with Crippen LogP contribution in [-0.4, -0.2) is 11.2 Å². The molecule has 68 valence electrons. The molecule has 1 heteroatoms. The van der Waals surface area contributed by atoms with E-state index in [4.69, 9.17) is 0 Å². The molecule has 0 aliphatic heterocycles. The summed E-state index contributed by atoms with van der Waals surface area (Å²) in [6, 6.07) is 0. The van der Waals surface area contributed by atoms with Crippen LogP contribution < -0.4 is 0 Å². The lowest BCUT2D eigenvalue weighted by Gasteiger charge is -2.40. The summed E-state index contributed by atoms with van der Waals surface area (Å²) in [6.45, 7) is 0. The van der Waals surface area contributed by atoms with Crippen molar-refractivity contribution in [3.8, 4) is 0 Å². The van der Waals surface area contributed by atoms with Gasteiger partial charge in [-0.1, -0.05) is 12.8 Å². The highest BCUT2D eigenvalue weighted by Crippen LogP contribution is 2.63. The first-order chi connectivity index (χ1) is 5.83. The van der Waals surface area contributed by atoms with Gasteiger partial charge in [-0.05, 0) is 49.4 Å². The van der Waals surface area contributed by atoms with Crippen LogP contribution in [0, 0.1) is 17.3 Å². The Bertz CT molecular complexity index is 201. The number of hydrogen-bond acceptors (Lipinski definition) is 1. The molecule has 3 aliphatic rings. The molecule has 1 spiro atoms. The molecule has 2 bridgehead atoms. The van der Waals surface area contributed by atoms with E-state index < -0.39 is 0 Å². The van der Waals surface area contributed by atoms with Crippen LogP contribution in [0.2, 0.25) is 0 Å². The van der Waals surface area contributed by atoms with E-state index in [1.165, 1.54) is 44.9 Å². The van der Waals surface area contributed by atoms with E-state index in [9.17, 15) is 5.11 Å². The van der Waals surface area contributed by atoms with E-state index in [0.29, 0.717) is 11.3 Å². The molecule has 0 unspecified atom stereocenters. The molecule has 4 atom stereocenters. The van der Waals surface area contributed by atoms with Gasteiger partial charge in [-0.15, -0.1) is 0 Å². The van der Waals surface area contributed by atoms with Gasteiger partial charge in [0, 0.05) is 0 Å². The van der Waals surface area contributed by atoms with Crippen molar-refractivity contribution in [3.63, 3.8) is 0 Å². The van der Waals surface area contributed by atoms with Crippen LogP contribution in [0.1, 0.15) is 44.9 Å². The normalized spacial score (nSPS) is 57.2. The van der Waals surface area contributed by atoms with Crippen LogP contribution in [0.5, 0.6) is 0 Å². The van der Waals surface area contributed by atoms with Gasteiger partial charge in [-0.2, -0.15) is 0 Å². The van der Waals surface area contributed by atoms with Crippen molar-refractivity contribution in [2.75, 3.05) is 0 Å². The zero-order valence-corrected chi connectivity index (χ0v) is 7.63. The van der Waals surface area contributed by atoms with Gasteiger partial charge >= 0.3 is 0 Å². The lowest BCUT2D eigenvalue weighted by Crippen LogP contribution is -2.35. The van der Waals surface area contributed by atoms with E-state index >= 15 is 0 Å². The van der Waals surface area contributed by atoms with Gasteiger partial charge in [0.1, 0.15) is 0 Å². The van der Waals surface area contributed by atoms with Gasteiger partial charge in [0.05, 0.1) is 6.10 Å². The van der Waals surface area contributed by atoms with Gasteiger partial charge in [-0.25, -0.2) is 0 Å². The first-order valence-corrected chi connectivity index (χ1v) is 5.51. The van der Waals surface area contributed by atoms with Crippen molar-refractivity contribution in [1.82, 2.24) is 0 Å². The summed E-state index contributed by atoms with van der Waals surface area (Å²) in [4.78, 5) is 0. The Kier molecular flexibility index (Phi) is 1.39. The van der Waals surface area contributed by atoms with Crippen molar-refractivity contribution in [1.29, 1.82) is 0 Å². The molecule has 0 amide bonds. The predicted molar refractivity (Wildman–Crippen MR) is 47.7 cm³/mol. The van der Waals surface area contributed by atoms with Crippen molar-refractivity contribution in [2.45, 2.75) is 51.0 Å². The Morgan fingerprint density at radius 1 is 1.08 bits per heavy atom. The second-order valence-corrected chi connectivity index (χ2v) is 5.16. The third kappa shape index (κ3) is 0.693. The molecule has 0 heterocycles. The lowest BCUT2D eigenvalue weighted by molar-refractivity contribution is 0.0109. The number of hydrogen-bond donors (Lipinski definition) is 1. The highest BCUT2D eigenvalue weighted by molar-refractivity contribution is 5.08. The maximum Gasteiger partial charge on any atom is 0.0627 e. The van der Waals surface area contributed by atoms with E-state index in [1.807, 2.05) is 0 Å². The topological polar surface area (TPSA) is 20.2 Å².